The number of fused-ring (bicyclic) bond motifs is 1. The fourth-order valence-electron chi connectivity index (χ4n) is 3.96. The number of hydrogen-bond donors (Lipinski definition) is 2. The van der Waals surface area contributed by atoms with Crippen LogP contribution in [0.5, 0.6) is 0 Å². The third-order valence-electron chi connectivity index (χ3n) is 5.30. The van der Waals surface area contributed by atoms with Gasteiger partial charge in [0.25, 0.3) is 0 Å². The average Bonchev–Trinajstić information content (AvgIpc) is 2.97. The van der Waals surface area contributed by atoms with E-state index in [0.717, 1.165) is 24.6 Å². The quantitative estimate of drug-likeness (QED) is 0.665. The lowest BCUT2D eigenvalue weighted by Crippen LogP contribution is -2.67. The van der Waals surface area contributed by atoms with E-state index in [9.17, 15) is 4.39 Å². The molecule has 2 fully saturated rings. The van der Waals surface area contributed by atoms with E-state index < -0.39 is 0 Å². The number of benzene rings is 1. The first-order valence-corrected chi connectivity index (χ1v) is 8.27. The first kappa shape index (κ1) is 16.2. The second-order valence-corrected chi connectivity index (χ2v) is 7.20. The summed E-state index contributed by atoms with van der Waals surface area (Å²) in [6.07, 6.45) is 1.47. The molecule has 1 heterocycles. The van der Waals surface area contributed by atoms with Crippen LogP contribution in [-0.4, -0.2) is 31.8 Å². The van der Waals surface area contributed by atoms with Gasteiger partial charge < -0.3 is 15.4 Å². The van der Waals surface area contributed by atoms with Crippen LogP contribution in [0.2, 0.25) is 0 Å². The minimum absolute atomic E-state index is 0.116. The predicted octanol–water partition coefficient (Wildman–Crippen LogP) is 2.61. The molecule has 0 amide bonds. The van der Waals surface area contributed by atoms with Gasteiger partial charge in [0.2, 0.25) is 0 Å². The van der Waals surface area contributed by atoms with Crippen molar-refractivity contribution in [3.8, 4) is 0 Å². The molecule has 0 spiro atoms. The Morgan fingerprint density at radius 2 is 2.22 bits per heavy atom. The molecular formula is C18H26FN3O. The number of ether oxygens (including phenoxy) is 1. The van der Waals surface area contributed by atoms with Gasteiger partial charge in [-0.3, -0.25) is 4.99 Å². The molecule has 0 radical (unpaired) electrons. The molecule has 4 nitrogen and oxygen atoms in total. The van der Waals surface area contributed by atoms with Crippen molar-refractivity contribution in [2.75, 3.05) is 13.7 Å². The summed E-state index contributed by atoms with van der Waals surface area (Å²) in [5.41, 5.74) is 1.82. The highest BCUT2D eigenvalue weighted by atomic mass is 19.1. The number of nitrogens with one attached hydrogen (secondary N) is 2. The van der Waals surface area contributed by atoms with E-state index in [2.05, 4.69) is 29.5 Å². The van der Waals surface area contributed by atoms with Crippen molar-refractivity contribution in [3.63, 3.8) is 0 Å². The molecule has 2 aliphatic rings. The van der Waals surface area contributed by atoms with Crippen molar-refractivity contribution >= 4 is 5.96 Å². The van der Waals surface area contributed by atoms with E-state index in [1.165, 1.54) is 6.07 Å². The number of aryl methyl sites for hydroxylation is 1. The molecule has 1 saturated carbocycles. The van der Waals surface area contributed by atoms with Gasteiger partial charge in [0.15, 0.2) is 5.96 Å². The summed E-state index contributed by atoms with van der Waals surface area (Å²) < 4.78 is 19.2. The van der Waals surface area contributed by atoms with Crippen LogP contribution in [0.15, 0.2) is 23.2 Å². The van der Waals surface area contributed by atoms with Crippen molar-refractivity contribution in [2.45, 2.75) is 45.9 Å². The van der Waals surface area contributed by atoms with Crippen molar-refractivity contribution < 1.29 is 9.13 Å². The highest BCUT2D eigenvalue weighted by Gasteiger charge is 2.59. The molecule has 126 valence electrons. The SMILES string of the molecule is CN=C(NCc1ccc(F)c(C)c1)NC1C2CCOC2C1(C)C. The van der Waals surface area contributed by atoms with Crippen LogP contribution in [0.25, 0.3) is 0 Å². The average molecular weight is 319 g/mol. The van der Waals surface area contributed by atoms with Crippen LogP contribution in [0.3, 0.4) is 0 Å². The normalized spacial score (nSPS) is 28.9. The van der Waals surface area contributed by atoms with Crippen molar-refractivity contribution in [1.82, 2.24) is 10.6 Å². The molecular weight excluding hydrogens is 293 g/mol. The molecule has 1 aromatic carbocycles. The topological polar surface area (TPSA) is 45.7 Å². The van der Waals surface area contributed by atoms with Gasteiger partial charge in [-0.05, 0) is 30.5 Å². The van der Waals surface area contributed by atoms with Crippen LogP contribution >= 0.6 is 0 Å². The maximum atomic E-state index is 13.3. The van der Waals surface area contributed by atoms with Crippen LogP contribution < -0.4 is 10.6 Å². The number of rotatable bonds is 3. The van der Waals surface area contributed by atoms with E-state index in [-0.39, 0.29) is 11.2 Å². The maximum Gasteiger partial charge on any atom is 0.191 e. The Balaban J connectivity index is 1.59. The van der Waals surface area contributed by atoms with Gasteiger partial charge in [-0.1, -0.05) is 26.0 Å². The van der Waals surface area contributed by atoms with Crippen LogP contribution in [0.1, 0.15) is 31.4 Å². The Morgan fingerprint density at radius 1 is 1.43 bits per heavy atom. The van der Waals surface area contributed by atoms with Gasteiger partial charge >= 0.3 is 0 Å². The predicted molar refractivity (Wildman–Crippen MR) is 89.9 cm³/mol. The second-order valence-electron chi connectivity index (χ2n) is 7.20. The van der Waals surface area contributed by atoms with Gasteiger partial charge in [0, 0.05) is 37.6 Å². The van der Waals surface area contributed by atoms with Crippen molar-refractivity contribution in [1.29, 1.82) is 0 Å². The summed E-state index contributed by atoms with van der Waals surface area (Å²) in [4.78, 5) is 4.32. The fourth-order valence-corrected chi connectivity index (χ4v) is 3.96. The number of hydrogen-bond acceptors (Lipinski definition) is 2. The third-order valence-corrected chi connectivity index (χ3v) is 5.30. The lowest BCUT2D eigenvalue weighted by atomic mass is 9.57. The molecule has 1 saturated heterocycles. The first-order valence-electron chi connectivity index (χ1n) is 8.27. The number of guanidine groups is 1. The minimum Gasteiger partial charge on any atom is -0.377 e. The molecule has 3 atom stereocenters. The van der Waals surface area contributed by atoms with E-state index in [0.29, 0.717) is 30.2 Å². The van der Waals surface area contributed by atoms with Gasteiger partial charge in [-0.2, -0.15) is 0 Å². The highest BCUT2D eigenvalue weighted by Crippen LogP contribution is 2.52. The molecule has 23 heavy (non-hydrogen) atoms. The Labute approximate surface area is 137 Å². The van der Waals surface area contributed by atoms with Gasteiger partial charge in [-0.25, -0.2) is 4.39 Å². The van der Waals surface area contributed by atoms with Gasteiger partial charge in [0.1, 0.15) is 5.82 Å². The van der Waals surface area contributed by atoms with Gasteiger partial charge in [-0.15, -0.1) is 0 Å². The Hall–Kier alpha value is -1.62. The lowest BCUT2D eigenvalue weighted by molar-refractivity contribution is -0.106. The second kappa shape index (κ2) is 6.11. The summed E-state index contributed by atoms with van der Waals surface area (Å²) in [5, 5.41) is 6.87. The molecule has 0 aromatic heterocycles. The summed E-state index contributed by atoms with van der Waals surface area (Å²) in [6.45, 7) is 7.75. The number of halogens is 1. The van der Waals surface area contributed by atoms with Gasteiger partial charge in [0.05, 0.1) is 6.10 Å². The van der Waals surface area contributed by atoms with E-state index >= 15 is 0 Å². The molecule has 1 aliphatic carbocycles. The number of aliphatic imine (C=N–C) groups is 1. The molecule has 1 aliphatic heterocycles. The standard InChI is InChI=1S/C18H26FN3O/c1-11-9-12(5-6-14(11)19)10-21-17(20-4)22-15-13-7-8-23-16(13)18(15,2)3/h5-6,9,13,15-16H,7-8,10H2,1-4H3,(H2,20,21,22). The lowest BCUT2D eigenvalue weighted by Gasteiger charge is -2.54. The monoisotopic (exact) mass is 319 g/mol. The van der Waals surface area contributed by atoms with Crippen LogP contribution in [0.4, 0.5) is 4.39 Å². The smallest absolute Gasteiger partial charge is 0.191 e. The molecule has 2 N–H and O–H groups in total. The summed E-state index contributed by atoms with van der Waals surface area (Å²) in [5.74, 6) is 1.19. The summed E-state index contributed by atoms with van der Waals surface area (Å²) in [7, 11) is 1.78. The largest absolute Gasteiger partial charge is 0.377 e. The molecule has 0 bridgehead atoms. The fraction of sp³-hybridized carbons (Fsp3) is 0.611. The first-order chi connectivity index (χ1) is 10.9. The third kappa shape index (κ3) is 2.94. The maximum absolute atomic E-state index is 13.3. The van der Waals surface area contributed by atoms with E-state index in [4.69, 9.17) is 4.74 Å². The zero-order valence-corrected chi connectivity index (χ0v) is 14.3. The molecule has 3 unspecified atom stereocenters. The highest BCUT2D eigenvalue weighted by molar-refractivity contribution is 5.80. The van der Waals surface area contributed by atoms with Crippen LogP contribution in [0, 0.1) is 24.1 Å². The van der Waals surface area contributed by atoms with Crippen molar-refractivity contribution in [3.05, 3.63) is 35.1 Å². The van der Waals surface area contributed by atoms with Crippen LogP contribution in [-0.2, 0) is 11.3 Å². The Morgan fingerprint density at radius 3 is 2.91 bits per heavy atom. The zero-order valence-electron chi connectivity index (χ0n) is 14.3. The van der Waals surface area contributed by atoms with E-state index in [1.807, 2.05) is 6.07 Å². The summed E-state index contributed by atoms with van der Waals surface area (Å²) >= 11 is 0. The molecule has 3 rings (SSSR count). The van der Waals surface area contributed by atoms with E-state index in [1.54, 1.807) is 20.0 Å². The number of nitrogens with zero attached hydrogens (tertiary/aromatic N) is 1. The summed E-state index contributed by atoms with van der Waals surface area (Å²) in [6, 6.07) is 5.55. The Bertz CT molecular complexity index is 614. The molecule has 5 heteroatoms. The zero-order chi connectivity index (χ0) is 16.6. The Kier molecular flexibility index (Phi) is 4.32. The molecule has 1 aromatic rings. The minimum atomic E-state index is -0.167. The van der Waals surface area contributed by atoms with Crippen molar-refractivity contribution in [2.24, 2.45) is 16.3 Å².